The van der Waals surface area contributed by atoms with Crippen LogP contribution in [0.4, 0.5) is 5.69 Å². The van der Waals surface area contributed by atoms with Crippen LogP contribution >= 0.6 is 0 Å². The van der Waals surface area contributed by atoms with E-state index in [1.807, 2.05) is 77.2 Å². The van der Waals surface area contributed by atoms with Crippen molar-refractivity contribution in [1.29, 1.82) is 0 Å². The minimum absolute atomic E-state index is 0.0942. The van der Waals surface area contributed by atoms with Gasteiger partial charge in [-0.05, 0) is 83.8 Å². The third-order valence-corrected chi connectivity index (χ3v) is 10.1. The summed E-state index contributed by atoms with van der Waals surface area (Å²) >= 11 is 0. The molecule has 13 nitrogen and oxygen atoms in total. The first-order chi connectivity index (χ1) is 27.5. The van der Waals surface area contributed by atoms with Crippen LogP contribution in [0.3, 0.4) is 0 Å². The maximum absolute atomic E-state index is 13.3. The fourth-order valence-corrected chi connectivity index (χ4v) is 6.79. The lowest BCUT2D eigenvalue weighted by Crippen LogP contribution is -2.46. The number of piperidine rings is 1. The van der Waals surface area contributed by atoms with Gasteiger partial charge in [-0.2, -0.15) is 5.10 Å². The average molecular weight is 785 g/mol. The molecule has 13 heteroatoms. The number of benzene rings is 2. The summed E-state index contributed by atoms with van der Waals surface area (Å²) < 4.78 is 20.3. The number of amides is 3. The van der Waals surface area contributed by atoms with Gasteiger partial charge in [0.15, 0.2) is 6.10 Å². The SMILES string of the molecule is CC.CC(C)Oc1cc2nn(C3CCCCC3)cc2cc1C(=O)Nc1cccn(C2CC2)c1=O.CN1CCOCC1.Cc1ccc(OC2CCC(=O)NC2=O)cc1. The van der Waals surface area contributed by atoms with Crippen LogP contribution in [0.1, 0.15) is 113 Å². The number of morpholine rings is 1. The van der Waals surface area contributed by atoms with Gasteiger partial charge in [0.2, 0.25) is 5.91 Å². The van der Waals surface area contributed by atoms with Crippen molar-refractivity contribution in [2.24, 2.45) is 0 Å². The number of nitrogens with zero attached hydrogens (tertiary/aromatic N) is 4. The minimum atomic E-state index is -0.555. The van der Waals surface area contributed by atoms with Crippen LogP contribution in [0, 0.1) is 6.92 Å². The Balaban J connectivity index is 0.000000205. The summed E-state index contributed by atoms with van der Waals surface area (Å²) in [6.07, 6.45) is 12.0. The van der Waals surface area contributed by atoms with Crippen molar-refractivity contribution < 1.29 is 28.6 Å². The summed E-state index contributed by atoms with van der Waals surface area (Å²) in [4.78, 5) is 50.6. The predicted molar refractivity (Wildman–Crippen MR) is 222 cm³/mol. The zero-order valence-electron chi connectivity index (χ0n) is 34.4. The molecule has 2 saturated carbocycles. The second kappa shape index (κ2) is 20.9. The Labute approximate surface area is 336 Å². The number of ether oxygens (including phenoxy) is 3. The highest BCUT2D eigenvalue weighted by Gasteiger charge is 2.28. The lowest BCUT2D eigenvalue weighted by atomic mass is 9.96. The van der Waals surface area contributed by atoms with Gasteiger partial charge in [-0.3, -0.25) is 29.2 Å². The number of pyridine rings is 1. The second-order valence-electron chi connectivity index (χ2n) is 15.1. The van der Waals surface area contributed by atoms with E-state index >= 15 is 0 Å². The van der Waals surface area contributed by atoms with Gasteiger partial charge in [0, 0.05) is 55.8 Å². The molecule has 1 unspecified atom stereocenters. The van der Waals surface area contributed by atoms with Crippen molar-refractivity contribution in [2.75, 3.05) is 38.7 Å². The normalized spacial score (nSPS) is 18.5. The van der Waals surface area contributed by atoms with E-state index in [4.69, 9.17) is 19.3 Å². The number of imide groups is 1. The first-order valence-corrected chi connectivity index (χ1v) is 20.6. The van der Waals surface area contributed by atoms with Crippen molar-refractivity contribution in [3.8, 4) is 11.5 Å². The van der Waals surface area contributed by atoms with Crippen LogP contribution in [0.15, 0.2) is 65.7 Å². The van der Waals surface area contributed by atoms with Crippen LogP contribution in [-0.4, -0.2) is 82.5 Å². The second-order valence-corrected chi connectivity index (χ2v) is 15.1. The summed E-state index contributed by atoms with van der Waals surface area (Å²) in [5.74, 6) is 0.210. The molecule has 4 heterocycles. The van der Waals surface area contributed by atoms with Gasteiger partial charge in [-0.1, -0.05) is 50.8 Å². The fraction of sp³-hybridized carbons (Fsp3) is 0.523. The molecule has 3 amide bonds. The maximum Gasteiger partial charge on any atom is 0.274 e. The largest absolute Gasteiger partial charge is 0.490 e. The van der Waals surface area contributed by atoms with E-state index in [0.717, 1.165) is 68.5 Å². The smallest absolute Gasteiger partial charge is 0.274 e. The lowest BCUT2D eigenvalue weighted by Gasteiger charge is -2.21. The van der Waals surface area contributed by atoms with E-state index in [2.05, 4.69) is 27.3 Å². The molecule has 0 spiro atoms. The molecule has 2 N–H and O–H groups in total. The van der Waals surface area contributed by atoms with E-state index in [1.54, 1.807) is 22.9 Å². The van der Waals surface area contributed by atoms with Gasteiger partial charge in [0.1, 0.15) is 17.2 Å². The quantitative estimate of drug-likeness (QED) is 0.177. The first-order valence-electron chi connectivity index (χ1n) is 20.6. The number of likely N-dealkylation sites (N-methyl/N-ethyl adjacent to an activating group) is 1. The molecule has 4 fully saturated rings. The monoisotopic (exact) mass is 784 g/mol. The number of aromatic nitrogens is 3. The van der Waals surface area contributed by atoms with Gasteiger partial charge in [0.05, 0.1) is 36.4 Å². The number of fused-ring (bicyclic) bond motifs is 1. The number of rotatable bonds is 8. The number of aryl methyl sites for hydroxylation is 1. The van der Waals surface area contributed by atoms with Crippen molar-refractivity contribution >= 4 is 34.3 Å². The molecule has 0 radical (unpaired) electrons. The molecule has 2 aliphatic heterocycles. The van der Waals surface area contributed by atoms with E-state index in [9.17, 15) is 19.2 Å². The number of hydrogen-bond acceptors (Lipinski definition) is 9. The zero-order valence-corrected chi connectivity index (χ0v) is 34.4. The molecule has 308 valence electrons. The van der Waals surface area contributed by atoms with Crippen LogP contribution in [-0.2, 0) is 14.3 Å². The molecule has 2 saturated heterocycles. The van der Waals surface area contributed by atoms with E-state index < -0.39 is 6.10 Å². The van der Waals surface area contributed by atoms with Gasteiger partial charge < -0.3 is 29.0 Å². The highest BCUT2D eigenvalue weighted by molar-refractivity contribution is 6.08. The summed E-state index contributed by atoms with van der Waals surface area (Å²) in [7, 11) is 2.11. The molecule has 4 aliphatic rings. The summed E-state index contributed by atoms with van der Waals surface area (Å²) in [6.45, 7) is 13.9. The Hall–Kier alpha value is -5.01. The summed E-state index contributed by atoms with van der Waals surface area (Å²) in [6, 6.07) is 15.3. The molecule has 8 rings (SSSR count). The van der Waals surface area contributed by atoms with Crippen molar-refractivity contribution in [2.45, 2.75) is 117 Å². The van der Waals surface area contributed by atoms with Crippen LogP contribution in [0.25, 0.3) is 10.9 Å². The van der Waals surface area contributed by atoms with E-state index in [1.165, 1.54) is 19.3 Å². The fourth-order valence-electron chi connectivity index (χ4n) is 6.79. The molecule has 4 aromatic rings. The van der Waals surface area contributed by atoms with Gasteiger partial charge >= 0.3 is 0 Å². The first kappa shape index (κ1) is 43.1. The zero-order chi connectivity index (χ0) is 40.9. The van der Waals surface area contributed by atoms with Gasteiger partial charge in [0.25, 0.3) is 17.4 Å². The van der Waals surface area contributed by atoms with E-state index in [0.29, 0.717) is 35.9 Å². The van der Waals surface area contributed by atoms with Gasteiger partial charge in [-0.15, -0.1) is 0 Å². The number of nitrogens with one attached hydrogen (secondary N) is 2. The number of carbonyl (C=O) groups is 3. The molecule has 2 aliphatic carbocycles. The van der Waals surface area contributed by atoms with Crippen LogP contribution in [0.5, 0.6) is 11.5 Å². The maximum atomic E-state index is 13.3. The standard InChI is InChI=1S/C25H30N4O3.C12H13NO3.C5H11NO.C2H6/c1-16(2)32-23-14-22-17(15-29(27-22)19-7-4-3-5-8-19)13-20(23)24(30)26-21-9-6-12-28(25(21)31)18-10-11-18;1-8-2-4-9(5-3-8)16-10-6-7-11(14)13-12(10)15;1-6-2-4-7-5-3-6;1-2/h6,9,12-16,18-19H,3-5,7-8,10-11H2,1-2H3,(H,26,30);2-5,10H,6-7H2,1H3,(H,13,14,15);2-5H2,1H3;1-2H3. The molecule has 2 aromatic carbocycles. The van der Waals surface area contributed by atoms with Crippen LogP contribution in [0.2, 0.25) is 0 Å². The number of hydrogen-bond donors (Lipinski definition) is 2. The Morgan fingerprint density at radius 2 is 1.63 bits per heavy atom. The predicted octanol–water partition coefficient (Wildman–Crippen LogP) is 7.23. The molecular weight excluding hydrogens is 725 g/mol. The van der Waals surface area contributed by atoms with E-state index in [-0.39, 0.29) is 41.1 Å². The lowest BCUT2D eigenvalue weighted by molar-refractivity contribution is -0.138. The number of carbonyl (C=O) groups excluding carboxylic acids is 3. The summed E-state index contributed by atoms with van der Waals surface area (Å²) in [5, 5.41) is 10.8. The summed E-state index contributed by atoms with van der Waals surface area (Å²) in [5.41, 5.74) is 2.49. The average Bonchev–Trinajstić information content (AvgIpc) is 3.97. The number of anilines is 1. The topological polar surface area (TPSA) is 146 Å². The Morgan fingerprint density at radius 1 is 0.930 bits per heavy atom. The molecule has 57 heavy (non-hydrogen) atoms. The molecule has 2 aromatic heterocycles. The van der Waals surface area contributed by atoms with Crippen molar-refractivity contribution in [3.63, 3.8) is 0 Å². The minimum Gasteiger partial charge on any atom is -0.490 e. The third-order valence-electron chi connectivity index (χ3n) is 10.1. The van der Waals surface area contributed by atoms with Crippen LogP contribution < -0.4 is 25.7 Å². The molecule has 1 atom stereocenters. The molecule has 0 bridgehead atoms. The van der Waals surface area contributed by atoms with Crippen molar-refractivity contribution in [1.82, 2.24) is 24.6 Å². The van der Waals surface area contributed by atoms with Gasteiger partial charge in [-0.25, -0.2) is 0 Å². The Morgan fingerprint density at radius 3 is 2.25 bits per heavy atom. The highest BCUT2D eigenvalue weighted by atomic mass is 16.5. The highest BCUT2D eigenvalue weighted by Crippen LogP contribution is 2.34. The molecular formula is C44H60N6O7. The Kier molecular flexibility index (Phi) is 15.8. The van der Waals surface area contributed by atoms with Crippen molar-refractivity contribution in [3.05, 3.63) is 82.4 Å². The Bertz CT molecular complexity index is 1990. The third kappa shape index (κ3) is 12.5.